The number of carboxylic acids is 1. The molecule has 20 heavy (non-hydrogen) atoms. The molecule has 2 amide bonds. The highest BCUT2D eigenvalue weighted by atomic mass is 32.1. The van der Waals surface area contributed by atoms with Gasteiger partial charge in [0.15, 0.2) is 0 Å². The summed E-state index contributed by atoms with van der Waals surface area (Å²) in [6.07, 6.45) is 1.66. The van der Waals surface area contributed by atoms with Crippen LogP contribution in [0.4, 0.5) is 4.79 Å². The number of hydrogen-bond acceptors (Lipinski definition) is 3. The number of fused-ring (bicyclic) bond motifs is 1. The van der Waals surface area contributed by atoms with E-state index in [9.17, 15) is 9.59 Å². The van der Waals surface area contributed by atoms with Gasteiger partial charge in [-0.15, -0.1) is 11.3 Å². The zero-order chi connectivity index (χ0) is 14.5. The number of rotatable bonds is 5. The minimum Gasteiger partial charge on any atom is -0.481 e. The van der Waals surface area contributed by atoms with Gasteiger partial charge in [-0.05, 0) is 35.8 Å². The molecule has 0 bridgehead atoms. The maximum absolute atomic E-state index is 12.1. The Morgan fingerprint density at radius 1 is 1.55 bits per heavy atom. The third-order valence-corrected chi connectivity index (χ3v) is 4.57. The lowest BCUT2D eigenvalue weighted by molar-refractivity contribution is -0.137. The minimum atomic E-state index is -0.788. The van der Waals surface area contributed by atoms with E-state index < -0.39 is 5.97 Å². The van der Waals surface area contributed by atoms with Gasteiger partial charge in [0.1, 0.15) is 0 Å². The van der Waals surface area contributed by atoms with Crippen molar-refractivity contribution in [1.82, 2.24) is 10.2 Å². The Labute approximate surface area is 122 Å². The van der Waals surface area contributed by atoms with E-state index in [4.69, 9.17) is 5.11 Å². The van der Waals surface area contributed by atoms with Gasteiger partial charge in [-0.1, -0.05) is 6.92 Å². The highest BCUT2D eigenvalue weighted by molar-refractivity contribution is 7.10. The molecule has 1 atom stereocenters. The summed E-state index contributed by atoms with van der Waals surface area (Å²) in [5.74, 6) is -0.610. The van der Waals surface area contributed by atoms with Gasteiger partial charge in [0, 0.05) is 30.9 Å². The van der Waals surface area contributed by atoms with Crippen LogP contribution in [0.2, 0.25) is 0 Å². The SMILES string of the molecule is CC(CCC(=O)O)CNC(=O)N1CCc2sccc2C1. The summed E-state index contributed by atoms with van der Waals surface area (Å²) in [4.78, 5) is 25.8. The lowest BCUT2D eigenvalue weighted by atomic mass is 10.1. The van der Waals surface area contributed by atoms with Crippen molar-refractivity contribution in [3.8, 4) is 0 Å². The van der Waals surface area contributed by atoms with Gasteiger partial charge in [-0.3, -0.25) is 4.79 Å². The molecule has 1 unspecified atom stereocenters. The van der Waals surface area contributed by atoms with Crippen LogP contribution in [-0.4, -0.2) is 35.1 Å². The summed E-state index contributed by atoms with van der Waals surface area (Å²) in [5, 5.41) is 13.6. The molecule has 110 valence electrons. The van der Waals surface area contributed by atoms with Crippen molar-refractivity contribution in [3.05, 3.63) is 21.9 Å². The lowest BCUT2D eigenvalue weighted by Gasteiger charge is -2.27. The average Bonchev–Trinajstić information content (AvgIpc) is 2.89. The summed E-state index contributed by atoms with van der Waals surface area (Å²) in [6, 6.07) is 2.03. The topological polar surface area (TPSA) is 69.6 Å². The molecule has 1 aromatic rings. The predicted octanol–water partition coefficient (Wildman–Crippen LogP) is 2.32. The Kier molecular flexibility index (Phi) is 5.00. The fourth-order valence-corrected chi connectivity index (χ4v) is 3.16. The smallest absolute Gasteiger partial charge is 0.317 e. The molecule has 0 aromatic carbocycles. The monoisotopic (exact) mass is 296 g/mol. The molecule has 1 aliphatic heterocycles. The number of amides is 2. The summed E-state index contributed by atoms with van der Waals surface area (Å²) in [6.45, 7) is 3.91. The number of thiophene rings is 1. The van der Waals surface area contributed by atoms with E-state index in [1.54, 1.807) is 11.3 Å². The molecule has 0 radical (unpaired) electrons. The number of urea groups is 1. The van der Waals surface area contributed by atoms with Crippen molar-refractivity contribution in [3.63, 3.8) is 0 Å². The molecule has 1 aliphatic rings. The van der Waals surface area contributed by atoms with Gasteiger partial charge in [0.05, 0.1) is 0 Å². The molecule has 0 saturated heterocycles. The zero-order valence-corrected chi connectivity index (χ0v) is 12.4. The molecule has 0 fully saturated rings. The number of aliphatic carboxylic acids is 1. The van der Waals surface area contributed by atoms with Crippen LogP contribution in [0.1, 0.15) is 30.2 Å². The Hall–Kier alpha value is -1.56. The van der Waals surface area contributed by atoms with E-state index in [2.05, 4.69) is 16.8 Å². The molecule has 2 rings (SSSR count). The van der Waals surface area contributed by atoms with Gasteiger partial charge in [0.2, 0.25) is 0 Å². The van der Waals surface area contributed by atoms with Crippen LogP contribution in [0.5, 0.6) is 0 Å². The number of carbonyl (C=O) groups excluding carboxylic acids is 1. The van der Waals surface area contributed by atoms with Crippen molar-refractivity contribution in [2.45, 2.75) is 32.7 Å². The van der Waals surface area contributed by atoms with E-state index in [0.29, 0.717) is 19.5 Å². The molecular formula is C14H20N2O3S. The highest BCUT2D eigenvalue weighted by Crippen LogP contribution is 2.23. The van der Waals surface area contributed by atoms with Gasteiger partial charge >= 0.3 is 12.0 Å². The Bertz CT molecular complexity index is 487. The van der Waals surface area contributed by atoms with Gasteiger partial charge in [-0.2, -0.15) is 0 Å². The van der Waals surface area contributed by atoms with Crippen molar-refractivity contribution >= 4 is 23.3 Å². The Morgan fingerprint density at radius 3 is 3.10 bits per heavy atom. The first-order valence-electron chi connectivity index (χ1n) is 6.86. The minimum absolute atomic E-state index is 0.0518. The fraction of sp³-hybridized carbons (Fsp3) is 0.571. The Morgan fingerprint density at radius 2 is 2.35 bits per heavy atom. The summed E-state index contributed by atoms with van der Waals surface area (Å²) in [5.41, 5.74) is 1.25. The molecule has 0 spiro atoms. The molecule has 0 aliphatic carbocycles. The first-order chi connectivity index (χ1) is 9.56. The summed E-state index contributed by atoms with van der Waals surface area (Å²) in [7, 11) is 0. The van der Waals surface area contributed by atoms with Crippen LogP contribution in [0.15, 0.2) is 11.4 Å². The number of carboxylic acid groups (broad SMARTS) is 1. The summed E-state index contributed by atoms with van der Waals surface area (Å²) >= 11 is 1.75. The molecule has 1 aromatic heterocycles. The maximum Gasteiger partial charge on any atom is 0.317 e. The third-order valence-electron chi connectivity index (χ3n) is 3.55. The zero-order valence-electron chi connectivity index (χ0n) is 11.6. The van der Waals surface area contributed by atoms with E-state index >= 15 is 0 Å². The first-order valence-corrected chi connectivity index (χ1v) is 7.74. The second-order valence-corrected chi connectivity index (χ2v) is 6.26. The van der Waals surface area contributed by atoms with E-state index in [-0.39, 0.29) is 18.4 Å². The molecule has 5 nitrogen and oxygen atoms in total. The largest absolute Gasteiger partial charge is 0.481 e. The third kappa shape index (κ3) is 3.96. The van der Waals surface area contributed by atoms with Crippen LogP contribution in [-0.2, 0) is 17.8 Å². The Balaban J connectivity index is 1.74. The molecule has 2 heterocycles. The van der Waals surface area contributed by atoms with Gasteiger partial charge in [-0.25, -0.2) is 4.79 Å². The van der Waals surface area contributed by atoms with Crippen LogP contribution in [0.3, 0.4) is 0 Å². The fourth-order valence-electron chi connectivity index (χ4n) is 2.27. The van der Waals surface area contributed by atoms with Crippen molar-refractivity contribution in [2.24, 2.45) is 5.92 Å². The van der Waals surface area contributed by atoms with Crippen LogP contribution in [0, 0.1) is 5.92 Å². The second-order valence-electron chi connectivity index (χ2n) is 5.26. The van der Waals surface area contributed by atoms with Crippen LogP contribution in [0.25, 0.3) is 0 Å². The van der Waals surface area contributed by atoms with E-state index in [1.807, 2.05) is 11.8 Å². The van der Waals surface area contributed by atoms with Crippen LogP contribution < -0.4 is 5.32 Å². The number of carbonyl (C=O) groups is 2. The van der Waals surface area contributed by atoms with E-state index in [0.717, 1.165) is 13.0 Å². The van der Waals surface area contributed by atoms with Gasteiger partial charge < -0.3 is 15.3 Å². The standard InChI is InChI=1S/C14H20N2O3S/c1-10(2-3-13(17)18)8-15-14(19)16-6-4-12-11(9-16)5-7-20-12/h5,7,10H,2-4,6,8-9H2,1H3,(H,15,19)(H,17,18). The quantitative estimate of drug-likeness (QED) is 0.876. The average molecular weight is 296 g/mol. The lowest BCUT2D eigenvalue weighted by Crippen LogP contribution is -2.43. The maximum atomic E-state index is 12.1. The number of hydrogen-bond donors (Lipinski definition) is 2. The van der Waals surface area contributed by atoms with Crippen LogP contribution >= 0.6 is 11.3 Å². The second kappa shape index (κ2) is 6.74. The molecule has 6 heteroatoms. The van der Waals surface area contributed by atoms with E-state index in [1.165, 1.54) is 10.4 Å². The van der Waals surface area contributed by atoms with Gasteiger partial charge in [0.25, 0.3) is 0 Å². The molecule has 2 N–H and O–H groups in total. The number of nitrogens with zero attached hydrogens (tertiary/aromatic N) is 1. The molecular weight excluding hydrogens is 276 g/mol. The van der Waals surface area contributed by atoms with Crippen molar-refractivity contribution in [1.29, 1.82) is 0 Å². The predicted molar refractivity (Wildman–Crippen MR) is 77.9 cm³/mol. The van der Waals surface area contributed by atoms with Crippen molar-refractivity contribution in [2.75, 3.05) is 13.1 Å². The summed E-state index contributed by atoms with van der Waals surface area (Å²) < 4.78 is 0. The van der Waals surface area contributed by atoms with Crippen molar-refractivity contribution < 1.29 is 14.7 Å². The highest BCUT2D eigenvalue weighted by Gasteiger charge is 2.21. The first kappa shape index (κ1) is 14.8. The normalized spacial score (nSPS) is 15.6. The number of nitrogens with one attached hydrogen (secondary N) is 1. The molecule has 0 saturated carbocycles.